The molecule has 1 aromatic heterocycles. The number of rotatable bonds is 4. The predicted molar refractivity (Wildman–Crippen MR) is 82.1 cm³/mol. The molecule has 1 fully saturated rings. The van der Waals surface area contributed by atoms with Crippen molar-refractivity contribution in [1.29, 1.82) is 0 Å². The Kier molecular flexibility index (Phi) is 4.21. The van der Waals surface area contributed by atoms with E-state index in [1.807, 2.05) is 26.8 Å². The summed E-state index contributed by atoms with van der Waals surface area (Å²) in [4.78, 5) is 12.6. The van der Waals surface area contributed by atoms with Gasteiger partial charge in [0.1, 0.15) is 4.21 Å². The quantitative estimate of drug-likeness (QED) is 0.920. The van der Waals surface area contributed by atoms with Crippen molar-refractivity contribution in [3.05, 3.63) is 16.5 Å². The Bertz CT molecular complexity index is 663. The number of aliphatic carboxylic acids is 1. The molecule has 0 saturated carbocycles. The summed E-state index contributed by atoms with van der Waals surface area (Å²) >= 11 is 1.25. The third-order valence-corrected chi connectivity index (χ3v) is 7.98. The van der Waals surface area contributed by atoms with Crippen LogP contribution in [0.25, 0.3) is 0 Å². The Balaban J connectivity index is 2.37. The largest absolute Gasteiger partial charge is 0.481 e. The Morgan fingerprint density at radius 1 is 1.43 bits per heavy atom. The lowest BCUT2D eigenvalue weighted by Gasteiger charge is -2.28. The lowest BCUT2D eigenvalue weighted by atomic mass is 9.77. The van der Waals surface area contributed by atoms with Crippen LogP contribution < -0.4 is 0 Å². The highest BCUT2D eigenvalue weighted by Gasteiger charge is 2.50. The summed E-state index contributed by atoms with van der Waals surface area (Å²) in [7, 11) is -3.60. The molecular weight excluding hydrogens is 310 g/mol. The van der Waals surface area contributed by atoms with Gasteiger partial charge in [0.25, 0.3) is 10.0 Å². The van der Waals surface area contributed by atoms with Crippen LogP contribution in [0.15, 0.2) is 10.3 Å². The van der Waals surface area contributed by atoms with Gasteiger partial charge in [-0.15, -0.1) is 11.3 Å². The van der Waals surface area contributed by atoms with E-state index >= 15 is 0 Å². The molecule has 1 aromatic rings. The minimum absolute atomic E-state index is 0.0543. The molecule has 0 aliphatic carbocycles. The molecule has 1 aliphatic heterocycles. The summed E-state index contributed by atoms with van der Waals surface area (Å²) in [5, 5.41) is 9.53. The minimum Gasteiger partial charge on any atom is -0.481 e. The molecule has 0 aromatic carbocycles. The summed E-state index contributed by atoms with van der Waals surface area (Å²) in [6, 6.07) is 1.85. The molecule has 1 unspecified atom stereocenters. The van der Waals surface area contributed by atoms with E-state index < -0.39 is 21.4 Å². The molecule has 0 bridgehead atoms. The number of carboxylic acids is 1. The first kappa shape index (κ1) is 16.5. The zero-order valence-electron chi connectivity index (χ0n) is 12.7. The second kappa shape index (κ2) is 5.37. The average molecular weight is 331 g/mol. The third-order valence-electron chi connectivity index (χ3n) is 4.37. The maximum Gasteiger partial charge on any atom is 0.311 e. The van der Waals surface area contributed by atoms with Crippen LogP contribution in [0.5, 0.6) is 0 Å². The van der Waals surface area contributed by atoms with E-state index in [9.17, 15) is 18.3 Å². The number of carbonyl (C=O) groups is 1. The van der Waals surface area contributed by atoms with Gasteiger partial charge in [0.05, 0.1) is 5.41 Å². The molecule has 0 radical (unpaired) electrons. The fourth-order valence-electron chi connectivity index (χ4n) is 2.89. The summed E-state index contributed by atoms with van der Waals surface area (Å²) in [5.41, 5.74) is -0.248. The van der Waals surface area contributed by atoms with E-state index in [4.69, 9.17) is 0 Å². The van der Waals surface area contributed by atoms with Crippen LogP contribution in [-0.4, -0.2) is 36.9 Å². The van der Waals surface area contributed by atoms with E-state index in [1.54, 1.807) is 6.92 Å². The molecule has 2 heterocycles. The van der Waals surface area contributed by atoms with Gasteiger partial charge in [-0.25, -0.2) is 8.42 Å². The second-order valence-corrected chi connectivity index (χ2v) is 9.42. The molecule has 1 aliphatic rings. The van der Waals surface area contributed by atoms with Gasteiger partial charge in [-0.1, -0.05) is 13.8 Å². The molecule has 7 heteroatoms. The number of thiophene rings is 1. The zero-order chi connectivity index (χ0) is 16.0. The molecule has 1 N–H and O–H groups in total. The maximum atomic E-state index is 12.7. The van der Waals surface area contributed by atoms with Crippen molar-refractivity contribution >= 4 is 27.3 Å². The number of carboxylic acid groups (broad SMARTS) is 1. The highest BCUT2D eigenvalue weighted by molar-refractivity contribution is 7.91. The van der Waals surface area contributed by atoms with Gasteiger partial charge in [0.15, 0.2) is 0 Å². The maximum absolute atomic E-state index is 12.7. The fraction of sp³-hybridized carbons (Fsp3) is 0.643. The zero-order valence-corrected chi connectivity index (χ0v) is 14.3. The van der Waals surface area contributed by atoms with Crippen LogP contribution in [0.1, 0.15) is 30.7 Å². The normalized spacial score (nSPS) is 23.9. The molecule has 2 rings (SSSR count). The summed E-state index contributed by atoms with van der Waals surface area (Å²) in [5.74, 6) is -1.02. The van der Waals surface area contributed by atoms with Gasteiger partial charge in [-0.3, -0.25) is 4.79 Å². The second-order valence-electron chi connectivity index (χ2n) is 6.03. The highest BCUT2D eigenvalue weighted by Crippen LogP contribution is 2.41. The summed E-state index contributed by atoms with van der Waals surface area (Å²) in [6.45, 7) is 7.65. The molecular formula is C14H21NO4S2. The first-order valence-electron chi connectivity index (χ1n) is 6.92. The average Bonchev–Trinajstić information content (AvgIpc) is 2.94. The van der Waals surface area contributed by atoms with Gasteiger partial charge in [-0.05, 0) is 37.8 Å². The van der Waals surface area contributed by atoms with Crippen molar-refractivity contribution < 1.29 is 18.3 Å². The monoisotopic (exact) mass is 331 g/mol. The summed E-state index contributed by atoms with van der Waals surface area (Å²) in [6.07, 6.45) is 0.364. The molecule has 118 valence electrons. The van der Waals surface area contributed by atoms with Crippen LogP contribution in [0.4, 0.5) is 0 Å². The SMILES string of the molecule is Cc1cc(C)c(S(=O)(=O)N2CCC(C(=O)O)(C(C)C)C2)s1. The lowest BCUT2D eigenvalue weighted by molar-refractivity contribution is -0.150. The molecule has 5 nitrogen and oxygen atoms in total. The summed E-state index contributed by atoms with van der Waals surface area (Å²) < 4.78 is 27.2. The Labute approximate surface area is 129 Å². The van der Waals surface area contributed by atoms with Crippen molar-refractivity contribution in [2.45, 2.75) is 38.3 Å². The van der Waals surface area contributed by atoms with Crippen LogP contribution in [0.2, 0.25) is 0 Å². The molecule has 0 amide bonds. The smallest absolute Gasteiger partial charge is 0.311 e. The van der Waals surface area contributed by atoms with Gasteiger partial charge in [0, 0.05) is 18.0 Å². The number of nitrogens with zero attached hydrogens (tertiary/aromatic N) is 1. The first-order chi connectivity index (χ1) is 9.61. The van der Waals surface area contributed by atoms with Crippen molar-refractivity contribution in [1.82, 2.24) is 4.31 Å². The van der Waals surface area contributed by atoms with E-state index in [0.29, 0.717) is 10.6 Å². The molecule has 1 saturated heterocycles. The third kappa shape index (κ3) is 2.62. The number of hydrogen-bond donors (Lipinski definition) is 1. The Morgan fingerprint density at radius 3 is 2.43 bits per heavy atom. The Hall–Kier alpha value is -0.920. The first-order valence-corrected chi connectivity index (χ1v) is 9.17. The standard InChI is InChI=1S/C14H21NO4S2/c1-9(2)14(13(16)17)5-6-15(8-14)21(18,19)12-10(3)7-11(4)20-12/h7,9H,5-6,8H2,1-4H3,(H,16,17). The van der Waals surface area contributed by atoms with Crippen LogP contribution in [0, 0.1) is 25.2 Å². The van der Waals surface area contributed by atoms with Crippen molar-refractivity contribution in [3.8, 4) is 0 Å². The van der Waals surface area contributed by atoms with Crippen LogP contribution in [0.3, 0.4) is 0 Å². The van der Waals surface area contributed by atoms with E-state index in [2.05, 4.69) is 0 Å². The topological polar surface area (TPSA) is 74.7 Å². The lowest BCUT2D eigenvalue weighted by Crippen LogP contribution is -2.40. The highest BCUT2D eigenvalue weighted by atomic mass is 32.2. The van der Waals surface area contributed by atoms with Crippen LogP contribution in [-0.2, 0) is 14.8 Å². The van der Waals surface area contributed by atoms with E-state index in [-0.39, 0.29) is 19.0 Å². The number of aryl methyl sites for hydroxylation is 2. The predicted octanol–water partition coefficient (Wildman–Crippen LogP) is 2.49. The van der Waals surface area contributed by atoms with Crippen molar-refractivity contribution in [2.24, 2.45) is 11.3 Å². The van der Waals surface area contributed by atoms with Gasteiger partial charge < -0.3 is 5.11 Å². The number of sulfonamides is 1. The van der Waals surface area contributed by atoms with Crippen molar-refractivity contribution in [2.75, 3.05) is 13.1 Å². The van der Waals surface area contributed by atoms with E-state index in [1.165, 1.54) is 15.6 Å². The molecule has 21 heavy (non-hydrogen) atoms. The Morgan fingerprint density at radius 2 is 2.05 bits per heavy atom. The number of hydrogen-bond acceptors (Lipinski definition) is 4. The van der Waals surface area contributed by atoms with Crippen LogP contribution >= 0.6 is 11.3 Å². The van der Waals surface area contributed by atoms with Gasteiger partial charge >= 0.3 is 5.97 Å². The molecule has 0 spiro atoms. The fourth-order valence-corrected chi connectivity index (χ4v) is 6.20. The van der Waals surface area contributed by atoms with Crippen molar-refractivity contribution in [3.63, 3.8) is 0 Å². The van der Waals surface area contributed by atoms with E-state index in [0.717, 1.165) is 10.4 Å². The van der Waals surface area contributed by atoms with Gasteiger partial charge in [-0.2, -0.15) is 4.31 Å². The van der Waals surface area contributed by atoms with Gasteiger partial charge in [0.2, 0.25) is 0 Å². The minimum atomic E-state index is -3.60. The molecule has 1 atom stereocenters.